The highest BCUT2D eigenvalue weighted by molar-refractivity contribution is 5.89. The van der Waals surface area contributed by atoms with Crippen LogP contribution in [0.15, 0.2) is 35.6 Å². The molecule has 0 spiro atoms. The van der Waals surface area contributed by atoms with Gasteiger partial charge in [0.05, 0.1) is 6.04 Å². The summed E-state index contributed by atoms with van der Waals surface area (Å²) in [6, 6.07) is 0.135. The third kappa shape index (κ3) is 1.26. The Hall–Kier alpha value is -1.51. The molecule has 3 heteroatoms. The maximum atomic E-state index is 10.8. The molecule has 68 valence electrons. The van der Waals surface area contributed by atoms with Crippen LogP contribution in [-0.2, 0) is 4.79 Å². The Kier molecular flexibility index (Phi) is 1.72. The van der Waals surface area contributed by atoms with E-state index in [1.54, 1.807) is 12.2 Å². The molecule has 1 heterocycles. The molecule has 0 radical (unpaired) electrons. The Bertz CT molecular complexity index is 339. The van der Waals surface area contributed by atoms with Crippen molar-refractivity contribution in [2.24, 2.45) is 5.92 Å². The lowest BCUT2D eigenvalue weighted by molar-refractivity contribution is -0.133. The molecule has 0 aromatic rings. The van der Waals surface area contributed by atoms with Crippen LogP contribution in [0.2, 0.25) is 0 Å². The summed E-state index contributed by atoms with van der Waals surface area (Å²) in [5.41, 5.74) is 1.52. The predicted octanol–water partition coefficient (Wildman–Crippen LogP) is 1.06. The monoisotopic (exact) mass is 177 g/mol. The van der Waals surface area contributed by atoms with Crippen LogP contribution < -0.4 is 5.32 Å². The number of carboxylic acids is 1. The molecule has 0 fully saturated rings. The predicted molar refractivity (Wildman–Crippen MR) is 49.0 cm³/mol. The van der Waals surface area contributed by atoms with Crippen molar-refractivity contribution in [3.8, 4) is 0 Å². The smallest absolute Gasteiger partial charge is 0.332 e. The van der Waals surface area contributed by atoms with Crippen molar-refractivity contribution in [1.82, 2.24) is 5.32 Å². The van der Waals surface area contributed by atoms with Gasteiger partial charge in [-0.05, 0) is 6.92 Å². The van der Waals surface area contributed by atoms with Gasteiger partial charge in [-0.25, -0.2) is 4.79 Å². The molecule has 0 saturated carbocycles. The Morgan fingerprint density at radius 2 is 2.38 bits per heavy atom. The first kappa shape index (κ1) is 8.10. The molecular weight excluding hydrogens is 166 g/mol. The molecule has 0 aromatic heterocycles. The van der Waals surface area contributed by atoms with Gasteiger partial charge in [-0.2, -0.15) is 0 Å². The first-order chi connectivity index (χ1) is 6.18. The van der Waals surface area contributed by atoms with Crippen LogP contribution in [-0.4, -0.2) is 17.1 Å². The second-order valence-electron chi connectivity index (χ2n) is 3.36. The summed E-state index contributed by atoms with van der Waals surface area (Å²) >= 11 is 0. The summed E-state index contributed by atoms with van der Waals surface area (Å²) < 4.78 is 0. The number of carbonyl (C=O) groups is 1. The van der Waals surface area contributed by atoms with Gasteiger partial charge in [0.1, 0.15) is 0 Å². The van der Waals surface area contributed by atoms with Gasteiger partial charge in [-0.1, -0.05) is 24.3 Å². The highest BCUT2D eigenvalue weighted by Gasteiger charge is 2.31. The van der Waals surface area contributed by atoms with Crippen LogP contribution >= 0.6 is 0 Å². The summed E-state index contributed by atoms with van der Waals surface area (Å²) in [4.78, 5) is 10.8. The fourth-order valence-electron chi connectivity index (χ4n) is 1.83. The molecular formula is C10H11NO2. The van der Waals surface area contributed by atoms with E-state index < -0.39 is 5.97 Å². The number of hydrogen-bond acceptors (Lipinski definition) is 2. The van der Waals surface area contributed by atoms with Crippen molar-refractivity contribution in [1.29, 1.82) is 0 Å². The molecule has 2 unspecified atom stereocenters. The summed E-state index contributed by atoms with van der Waals surface area (Å²) in [5, 5.41) is 12.1. The highest BCUT2D eigenvalue weighted by Crippen LogP contribution is 2.28. The van der Waals surface area contributed by atoms with Crippen molar-refractivity contribution in [2.45, 2.75) is 13.0 Å². The number of allylic oxidation sites excluding steroid dienone is 3. The van der Waals surface area contributed by atoms with Crippen LogP contribution in [0.1, 0.15) is 6.92 Å². The van der Waals surface area contributed by atoms with E-state index in [2.05, 4.69) is 5.32 Å². The zero-order chi connectivity index (χ0) is 9.42. The van der Waals surface area contributed by atoms with Gasteiger partial charge in [0, 0.05) is 17.2 Å². The maximum Gasteiger partial charge on any atom is 0.332 e. The van der Waals surface area contributed by atoms with E-state index >= 15 is 0 Å². The molecule has 3 nitrogen and oxygen atoms in total. The Morgan fingerprint density at radius 1 is 1.62 bits per heavy atom. The number of fused-ring (bicyclic) bond motifs is 1. The Morgan fingerprint density at radius 3 is 3.08 bits per heavy atom. The first-order valence-electron chi connectivity index (χ1n) is 4.25. The molecule has 2 aliphatic rings. The fourth-order valence-corrected chi connectivity index (χ4v) is 1.83. The molecule has 2 N–H and O–H groups in total. The Labute approximate surface area is 76.4 Å². The van der Waals surface area contributed by atoms with Gasteiger partial charge in [0.15, 0.2) is 0 Å². The van der Waals surface area contributed by atoms with Crippen molar-refractivity contribution in [2.75, 3.05) is 0 Å². The number of rotatable bonds is 1. The standard InChI is InChI=1S/C10H11NO2/c1-6-5-8-7(10(12)13)3-2-4-9(8)11-6/h2-5,8-9,11H,1H3,(H,12,13). The zero-order valence-corrected chi connectivity index (χ0v) is 7.32. The topological polar surface area (TPSA) is 49.3 Å². The molecule has 0 amide bonds. The van der Waals surface area contributed by atoms with Crippen LogP contribution in [0, 0.1) is 5.92 Å². The van der Waals surface area contributed by atoms with E-state index in [4.69, 9.17) is 5.11 Å². The minimum absolute atomic E-state index is 0.00231. The highest BCUT2D eigenvalue weighted by atomic mass is 16.4. The molecule has 2 rings (SSSR count). The summed E-state index contributed by atoms with van der Waals surface area (Å²) in [5.74, 6) is -0.824. The normalized spacial score (nSPS) is 30.2. The minimum atomic E-state index is -0.827. The van der Waals surface area contributed by atoms with Crippen LogP contribution in [0.25, 0.3) is 0 Å². The SMILES string of the molecule is CC1=CC2C(C(=O)O)=CC=CC2N1. The van der Waals surface area contributed by atoms with E-state index in [9.17, 15) is 4.79 Å². The average Bonchev–Trinajstić information content (AvgIpc) is 2.43. The van der Waals surface area contributed by atoms with Crippen LogP contribution in [0.5, 0.6) is 0 Å². The molecule has 1 aliphatic carbocycles. The number of nitrogens with one attached hydrogen (secondary N) is 1. The molecule has 1 aliphatic heterocycles. The van der Waals surface area contributed by atoms with Crippen molar-refractivity contribution >= 4 is 5.97 Å². The van der Waals surface area contributed by atoms with Gasteiger partial charge in [-0.3, -0.25) is 0 Å². The molecule has 0 bridgehead atoms. The number of hydrogen-bond donors (Lipinski definition) is 2. The van der Waals surface area contributed by atoms with Gasteiger partial charge in [0.2, 0.25) is 0 Å². The second kappa shape index (κ2) is 2.76. The summed E-state index contributed by atoms with van der Waals surface area (Å²) in [6.07, 6.45) is 7.42. The zero-order valence-electron chi connectivity index (χ0n) is 7.32. The summed E-state index contributed by atoms with van der Waals surface area (Å²) in [6.45, 7) is 1.95. The maximum absolute atomic E-state index is 10.8. The molecule has 2 atom stereocenters. The minimum Gasteiger partial charge on any atom is -0.478 e. The van der Waals surface area contributed by atoms with Gasteiger partial charge in [0.25, 0.3) is 0 Å². The van der Waals surface area contributed by atoms with E-state index in [0.717, 1.165) is 5.70 Å². The third-order valence-corrected chi connectivity index (χ3v) is 2.41. The summed E-state index contributed by atoms with van der Waals surface area (Å²) in [7, 11) is 0. The van der Waals surface area contributed by atoms with Crippen LogP contribution in [0.4, 0.5) is 0 Å². The average molecular weight is 177 g/mol. The molecule has 0 aromatic carbocycles. The van der Waals surface area contributed by atoms with Crippen molar-refractivity contribution in [3.05, 3.63) is 35.6 Å². The van der Waals surface area contributed by atoms with E-state index in [0.29, 0.717) is 5.57 Å². The molecule has 13 heavy (non-hydrogen) atoms. The van der Waals surface area contributed by atoms with Gasteiger partial charge < -0.3 is 10.4 Å². The fraction of sp³-hybridized carbons (Fsp3) is 0.300. The van der Waals surface area contributed by atoms with Crippen molar-refractivity contribution in [3.63, 3.8) is 0 Å². The van der Waals surface area contributed by atoms with Gasteiger partial charge in [-0.15, -0.1) is 0 Å². The lowest BCUT2D eigenvalue weighted by Gasteiger charge is -2.19. The van der Waals surface area contributed by atoms with E-state index in [1.807, 2.05) is 19.1 Å². The second-order valence-corrected chi connectivity index (χ2v) is 3.36. The number of carboxylic acid groups (broad SMARTS) is 1. The third-order valence-electron chi connectivity index (χ3n) is 2.41. The lowest BCUT2D eigenvalue weighted by Crippen LogP contribution is -2.30. The lowest BCUT2D eigenvalue weighted by atomic mass is 9.89. The largest absolute Gasteiger partial charge is 0.478 e. The number of aliphatic carboxylic acids is 1. The van der Waals surface area contributed by atoms with E-state index in [-0.39, 0.29) is 12.0 Å². The molecule has 0 saturated heterocycles. The quantitative estimate of drug-likeness (QED) is 0.629. The van der Waals surface area contributed by atoms with Crippen LogP contribution in [0.3, 0.4) is 0 Å². The first-order valence-corrected chi connectivity index (χ1v) is 4.25. The van der Waals surface area contributed by atoms with Crippen molar-refractivity contribution < 1.29 is 9.90 Å². The van der Waals surface area contributed by atoms with Gasteiger partial charge >= 0.3 is 5.97 Å². The van der Waals surface area contributed by atoms with E-state index in [1.165, 1.54) is 0 Å². The Balaban J connectivity index is 2.33.